The molecule has 0 aliphatic rings. The molecule has 2 rings (SSSR count). The number of aryl methyl sites for hydroxylation is 2. The fourth-order valence-electron chi connectivity index (χ4n) is 1.95. The summed E-state index contributed by atoms with van der Waals surface area (Å²) in [5.41, 5.74) is 2.33. The Labute approximate surface area is 96.5 Å². The second-order valence-electron chi connectivity index (χ2n) is 4.28. The van der Waals surface area contributed by atoms with Gasteiger partial charge in [-0.15, -0.1) is 0 Å². The van der Waals surface area contributed by atoms with Crippen LogP contribution >= 0.6 is 0 Å². The van der Waals surface area contributed by atoms with Crippen LogP contribution in [-0.4, -0.2) is 22.6 Å². The van der Waals surface area contributed by atoms with Gasteiger partial charge in [0.15, 0.2) is 0 Å². The Kier molecular flexibility index (Phi) is 3.25. The van der Waals surface area contributed by atoms with E-state index in [2.05, 4.69) is 46.9 Å². The summed E-state index contributed by atoms with van der Waals surface area (Å²) < 4.78 is 2.29. The average Bonchev–Trinajstić information content (AvgIpc) is 2.62. The summed E-state index contributed by atoms with van der Waals surface area (Å²) in [5, 5.41) is 3.26. The third-order valence-corrected chi connectivity index (χ3v) is 3.12. The van der Waals surface area contributed by atoms with Crippen molar-refractivity contribution in [3.63, 3.8) is 0 Å². The third-order valence-electron chi connectivity index (χ3n) is 3.12. The van der Waals surface area contributed by atoms with Gasteiger partial charge < -0.3 is 9.88 Å². The van der Waals surface area contributed by atoms with Gasteiger partial charge in [-0.1, -0.05) is 12.1 Å². The lowest BCUT2D eigenvalue weighted by atomic mass is 10.2. The maximum absolute atomic E-state index is 4.56. The zero-order chi connectivity index (χ0) is 11.5. The molecule has 1 N–H and O–H groups in total. The molecule has 0 fully saturated rings. The maximum Gasteiger partial charge on any atom is 0.106 e. The van der Waals surface area contributed by atoms with Crippen LogP contribution in [0.5, 0.6) is 0 Å². The fraction of sp³-hybridized carbons (Fsp3) is 0.462. The van der Waals surface area contributed by atoms with Crippen LogP contribution in [0.3, 0.4) is 0 Å². The summed E-state index contributed by atoms with van der Waals surface area (Å²) in [6, 6.07) is 8.86. The molecule has 0 aliphatic heterocycles. The molecule has 86 valence electrons. The van der Waals surface area contributed by atoms with Crippen molar-refractivity contribution in [2.45, 2.75) is 32.9 Å². The smallest absolute Gasteiger partial charge is 0.106 e. The Bertz CT molecular complexity index is 473. The Morgan fingerprint density at radius 3 is 2.88 bits per heavy atom. The van der Waals surface area contributed by atoms with Crippen LogP contribution < -0.4 is 5.32 Å². The lowest BCUT2D eigenvalue weighted by Crippen LogP contribution is -2.23. The molecule has 0 aliphatic carbocycles. The number of nitrogens with zero attached hydrogens (tertiary/aromatic N) is 2. The van der Waals surface area contributed by atoms with Gasteiger partial charge in [0, 0.05) is 12.6 Å². The first-order valence-electron chi connectivity index (χ1n) is 5.81. The molecule has 0 spiro atoms. The van der Waals surface area contributed by atoms with Gasteiger partial charge in [0.1, 0.15) is 5.82 Å². The monoisotopic (exact) mass is 217 g/mol. The highest BCUT2D eigenvalue weighted by Crippen LogP contribution is 2.16. The zero-order valence-electron chi connectivity index (χ0n) is 10.2. The summed E-state index contributed by atoms with van der Waals surface area (Å²) in [7, 11) is 2.00. The van der Waals surface area contributed by atoms with Crippen molar-refractivity contribution in [3.8, 4) is 0 Å². The van der Waals surface area contributed by atoms with E-state index in [1.165, 1.54) is 5.52 Å². The molecular formula is C13H19N3. The topological polar surface area (TPSA) is 29.9 Å². The van der Waals surface area contributed by atoms with Crippen molar-refractivity contribution in [3.05, 3.63) is 30.1 Å². The van der Waals surface area contributed by atoms with Crippen LogP contribution in [-0.2, 0) is 6.54 Å². The molecule has 0 saturated heterocycles. The lowest BCUT2D eigenvalue weighted by molar-refractivity contribution is 0.511. The van der Waals surface area contributed by atoms with Crippen molar-refractivity contribution in [1.82, 2.24) is 14.9 Å². The quantitative estimate of drug-likeness (QED) is 0.852. The maximum atomic E-state index is 4.56. The Morgan fingerprint density at radius 2 is 2.12 bits per heavy atom. The van der Waals surface area contributed by atoms with Crippen LogP contribution in [0.1, 0.15) is 19.2 Å². The minimum absolute atomic E-state index is 0.542. The predicted molar refractivity (Wildman–Crippen MR) is 67.6 cm³/mol. The Balaban J connectivity index is 2.26. The lowest BCUT2D eigenvalue weighted by Gasteiger charge is -2.12. The fourth-order valence-corrected chi connectivity index (χ4v) is 1.95. The van der Waals surface area contributed by atoms with E-state index in [1.54, 1.807) is 0 Å². The first-order chi connectivity index (χ1) is 7.72. The highest BCUT2D eigenvalue weighted by molar-refractivity contribution is 5.75. The number of fused-ring (bicyclic) bond motifs is 1. The van der Waals surface area contributed by atoms with E-state index < -0.39 is 0 Å². The van der Waals surface area contributed by atoms with Crippen molar-refractivity contribution in [2.24, 2.45) is 0 Å². The highest BCUT2D eigenvalue weighted by atomic mass is 15.1. The van der Waals surface area contributed by atoms with Gasteiger partial charge in [-0.2, -0.15) is 0 Å². The number of aromatic nitrogens is 2. The van der Waals surface area contributed by atoms with Crippen molar-refractivity contribution in [2.75, 3.05) is 7.05 Å². The molecule has 0 amide bonds. The van der Waals surface area contributed by atoms with Gasteiger partial charge in [0.2, 0.25) is 0 Å². The first kappa shape index (κ1) is 11.1. The first-order valence-corrected chi connectivity index (χ1v) is 5.81. The number of hydrogen-bond donors (Lipinski definition) is 1. The molecule has 0 bridgehead atoms. The van der Waals surface area contributed by atoms with E-state index in [9.17, 15) is 0 Å². The molecule has 0 radical (unpaired) electrons. The molecule has 1 aromatic carbocycles. The van der Waals surface area contributed by atoms with Gasteiger partial charge in [-0.05, 0) is 39.4 Å². The number of imidazole rings is 1. The van der Waals surface area contributed by atoms with Gasteiger partial charge in [0.05, 0.1) is 11.0 Å². The van der Waals surface area contributed by atoms with E-state index >= 15 is 0 Å². The standard InChI is InChI=1S/C13H19N3/c1-10(14-3)8-9-16-11(2)15-12-6-4-5-7-13(12)16/h4-7,10,14H,8-9H2,1-3H3. The number of benzene rings is 1. The number of hydrogen-bond acceptors (Lipinski definition) is 2. The highest BCUT2D eigenvalue weighted by Gasteiger charge is 2.07. The van der Waals surface area contributed by atoms with Crippen molar-refractivity contribution in [1.29, 1.82) is 0 Å². The molecule has 1 aromatic heterocycles. The molecule has 1 unspecified atom stereocenters. The Morgan fingerprint density at radius 1 is 1.38 bits per heavy atom. The third kappa shape index (κ3) is 2.09. The summed E-state index contributed by atoms with van der Waals surface area (Å²) in [6.45, 7) is 5.30. The Hall–Kier alpha value is -1.35. The SMILES string of the molecule is CNC(C)CCn1c(C)nc2ccccc21. The van der Waals surface area contributed by atoms with E-state index in [4.69, 9.17) is 0 Å². The van der Waals surface area contributed by atoms with Crippen LogP contribution in [0, 0.1) is 6.92 Å². The number of rotatable bonds is 4. The summed E-state index contributed by atoms with van der Waals surface area (Å²) in [5.74, 6) is 1.10. The summed E-state index contributed by atoms with van der Waals surface area (Å²) in [6.07, 6.45) is 1.12. The van der Waals surface area contributed by atoms with Crippen LogP contribution in [0.15, 0.2) is 24.3 Å². The number of nitrogens with one attached hydrogen (secondary N) is 1. The van der Waals surface area contributed by atoms with Gasteiger partial charge >= 0.3 is 0 Å². The normalized spacial score (nSPS) is 13.2. The van der Waals surface area contributed by atoms with Gasteiger partial charge in [-0.3, -0.25) is 0 Å². The average molecular weight is 217 g/mol. The molecule has 1 atom stereocenters. The second-order valence-corrected chi connectivity index (χ2v) is 4.28. The molecule has 0 saturated carbocycles. The van der Waals surface area contributed by atoms with Crippen LogP contribution in [0.2, 0.25) is 0 Å². The van der Waals surface area contributed by atoms with Crippen molar-refractivity contribution >= 4 is 11.0 Å². The molecule has 1 heterocycles. The second kappa shape index (κ2) is 4.66. The zero-order valence-corrected chi connectivity index (χ0v) is 10.2. The van der Waals surface area contributed by atoms with Crippen LogP contribution in [0.4, 0.5) is 0 Å². The largest absolute Gasteiger partial charge is 0.328 e. The van der Waals surface area contributed by atoms with E-state index in [-0.39, 0.29) is 0 Å². The van der Waals surface area contributed by atoms with Crippen molar-refractivity contribution < 1.29 is 0 Å². The molecular weight excluding hydrogens is 198 g/mol. The summed E-state index contributed by atoms with van der Waals surface area (Å²) in [4.78, 5) is 4.56. The van der Waals surface area contributed by atoms with E-state index in [0.29, 0.717) is 6.04 Å². The molecule has 16 heavy (non-hydrogen) atoms. The van der Waals surface area contributed by atoms with E-state index in [0.717, 1.165) is 24.3 Å². The summed E-state index contributed by atoms with van der Waals surface area (Å²) >= 11 is 0. The van der Waals surface area contributed by atoms with Gasteiger partial charge in [0.25, 0.3) is 0 Å². The van der Waals surface area contributed by atoms with Crippen LogP contribution in [0.25, 0.3) is 11.0 Å². The predicted octanol–water partition coefficient (Wildman–Crippen LogP) is 2.34. The number of para-hydroxylation sites is 2. The molecule has 3 nitrogen and oxygen atoms in total. The van der Waals surface area contributed by atoms with E-state index in [1.807, 2.05) is 13.1 Å². The molecule has 3 heteroatoms. The minimum atomic E-state index is 0.542. The van der Waals surface area contributed by atoms with Gasteiger partial charge in [-0.25, -0.2) is 4.98 Å². The molecule has 2 aromatic rings. The minimum Gasteiger partial charge on any atom is -0.328 e.